The van der Waals surface area contributed by atoms with Crippen LogP contribution in [-0.2, 0) is 16.1 Å². The summed E-state index contributed by atoms with van der Waals surface area (Å²) in [4.78, 5) is 20.8. The van der Waals surface area contributed by atoms with Crippen LogP contribution in [-0.4, -0.2) is 80.3 Å². The van der Waals surface area contributed by atoms with Crippen LogP contribution in [0, 0.1) is 0 Å². The zero-order chi connectivity index (χ0) is 17.4. The molecule has 7 heteroatoms. The smallest absolute Gasteiger partial charge is 0.240 e. The molecule has 1 amide bonds. The fourth-order valence-corrected chi connectivity index (χ4v) is 2.58. The van der Waals surface area contributed by atoms with E-state index in [1.165, 1.54) is 0 Å². The Labute approximate surface area is 143 Å². The molecule has 1 aromatic heterocycles. The van der Waals surface area contributed by atoms with Crippen molar-refractivity contribution in [2.75, 3.05) is 53.6 Å². The van der Waals surface area contributed by atoms with Gasteiger partial charge in [0.05, 0.1) is 19.4 Å². The predicted molar refractivity (Wildman–Crippen MR) is 92.0 cm³/mol. The second-order valence-corrected chi connectivity index (χ2v) is 6.07. The molecule has 7 nitrogen and oxygen atoms in total. The molecule has 1 N–H and O–H groups in total. The van der Waals surface area contributed by atoms with Crippen LogP contribution in [0.4, 0.5) is 0 Å². The maximum atomic E-state index is 12.5. The molecule has 0 saturated carbocycles. The number of carbonyl (C=O) groups excluding carboxylic acids is 1. The molecule has 1 saturated heterocycles. The van der Waals surface area contributed by atoms with Crippen LogP contribution in [0.3, 0.4) is 0 Å². The minimum atomic E-state index is -0.219. The molecule has 1 unspecified atom stereocenters. The summed E-state index contributed by atoms with van der Waals surface area (Å²) in [5.41, 5.74) is 0.928. The maximum absolute atomic E-state index is 12.5. The molecule has 1 atom stereocenters. The van der Waals surface area contributed by atoms with Crippen LogP contribution in [0.15, 0.2) is 18.5 Å². The van der Waals surface area contributed by atoms with E-state index < -0.39 is 0 Å². The van der Waals surface area contributed by atoms with Crippen LogP contribution < -0.4 is 10.1 Å². The van der Waals surface area contributed by atoms with E-state index in [4.69, 9.17) is 9.47 Å². The number of pyridine rings is 1. The lowest BCUT2D eigenvalue weighted by atomic mass is 10.2. The lowest BCUT2D eigenvalue weighted by Crippen LogP contribution is -2.53. The first-order valence-electron chi connectivity index (χ1n) is 8.41. The van der Waals surface area contributed by atoms with E-state index in [1.807, 2.05) is 20.2 Å². The SMILES string of the molecule is CCN1CCOCC1C(=O)NCc1ccncc1OCCN(C)C. The second kappa shape index (κ2) is 9.56. The van der Waals surface area contributed by atoms with Crippen LogP contribution in [0.2, 0.25) is 0 Å². The van der Waals surface area contributed by atoms with Gasteiger partial charge in [0.1, 0.15) is 18.4 Å². The van der Waals surface area contributed by atoms with Gasteiger partial charge in [-0.25, -0.2) is 0 Å². The number of nitrogens with zero attached hydrogens (tertiary/aromatic N) is 3. The summed E-state index contributed by atoms with van der Waals surface area (Å²) in [6.07, 6.45) is 3.40. The Hall–Kier alpha value is -1.70. The largest absolute Gasteiger partial charge is 0.490 e. The Morgan fingerprint density at radius 1 is 1.54 bits per heavy atom. The van der Waals surface area contributed by atoms with Gasteiger partial charge in [-0.3, -0.25) is 14.7 Å². The Morgan fingerprint density at radius 2 is 2.38 bits per heavy atom. The molecule has 2 rings (SSSR count). The monoisotopic (exact) mass is 336 g/mol. The molecular formula is C17H28N4O3. The molecule has 0 aliphatic carbocycles. The quantitative estimate of drug-likeness (QED) is 0.739. The standard InChI is InChI=1S/C17H28N4O3/c1-4-21-8-9-23-13-15(21)17(22)19-11-14-5-6-18-12-16(14)24-10-7-20(2)3/h5-6,12,15H,4,7-11,13H2,1-3H3,(H,19,22). The van der Waals surface area contributed by atoms with Gasteiger partial charge in [-0.05, 0) is 26.7 Å². The van der Waals surface area contributed by atoms with E-state index in [9.17, 15) is 4.79 Å². The number of nitrogens with one attached hydrogen (secondary N) is 1. The van der Waals surface area contributed by atoms with E-state index in [-0.39, 0.29) is 11.9 Å². The van der Waals surface area contributed by atoms with Crippen LogP contribution in [0.1, 0.15) is 12.5 Å². The van der Waals surface area contributed by atoms with Crippen molar-refractivity contribution < 1.29 is 14.3 Å². The number of hydrogen-bond acceptors (Lipinski definition) is 6. The minimum Gasteiger partial charge on any atom is -0.490 e. The normalized spacial score (nSPS) is 18.6. The second-order valence-electron chi connectivity index (χ2n) is 6.07. The van der Waals surface area contributed by atoms with Crippen molar-refractivity contribution in [1.82, 2.24) is 20.1 Å². The van der Waals surface area contributed by atoms with E-state index in [1.54, 1.807) is 12.4 Å². The summed E-state index contributed by atoms with van der Waals surface area (Å²) in [5.74, 6) is 0.708. The lowest BCUT2D eigenvalue weighted by Gasteiger charge is -2.33. The Bertz CT molecular complexity index is 524. The number of ether oxygens (including phenoxy) is 2. The zero-order valence-electron chi connectivity index (χ0n) is 14.8. The van der Waals surface area contributed by atoms with Crippen molar-refractivity contribution in [2.24, 2.45) is 0 Å². The lowest BCUT2D eigenvalue weighted by molar-refractivity contribution is -0.132. The van der Waals surface area contributed by atoms with Gasteiger partial charge >= 0.3 is 0 Å². The van der Waals surface area contributed by atoms with Gasteiger partial charge in [-0.1, -0.05) is 6.92 Å². The maximum Gasteiger partial charge on any atom is 0.240 e. The van der Waals surface area contributed by atoms with E-state index >= 15 is 0 Å². The summed E-state index contributed by atoms with van der Waals surface area (Å²) >= 11 is 0. The highest BCUT2D eigenvalue weighted by Gasteiger charge is 2.28. The third kappa shape index (κ3) is 5.43. The minimum absolute atomic E-state index is 0.00685. The first-order chi connectivity index (χ1) is 11.6. The fourth-order valence-electron chi connectivity index (χ4n) is 2.58. The number of likely N-dealkylation sites (N-methyl/N-ethyl adjacent to an activating group) is 2. The number of rotatable bonds is 8. The average molecular weight is 336 g/mol. The molecule has 1 fully saturated rings. The highest BCUT2D eigenvalue weighted by Crippen LogP contribution is 2.16. The zero-order valence-corrected chi connectivity index (χ0v) is 14.8. The van der Waals surface area contributed by atoms with Crippen molar-refractivity contribution in [2.45, 2.75) is 19.5 Å². The van der Waals surface area contributed by atoms with Crippen molar-refractivity contribution in [3.05, 3.63) is 24.0 Å². The first-order valence-corrected chi connectivity index (χ1v) is 8.41. The van der Waals surface area contributed by atoms with E-state index in [0.29, 0.717) is 32.1 Å². The summed E-state index contributed by atoms with van der Waals surface area (Å²) in [7, 11) is 4.00. The molecule has 1 aliphatic rings. The van der Waals surface area contributed by atoms with Crippen LogP contribution >= 0.6 is 0 Å². The van der Waals surface area contributed by atoms with Gasteiger partial charge in [0.15, 0.2) is 0 Å². The summed E-state index contributed by atoms with van der Waals surface area (Å²) < 4.78 is 11.2. The highest BCUT2D eigenvalue weighted by atomic mass is 16.5. The van der Waals surface area contributed by atoms with Gasteiger partial charge < -0.3 is 19.7 Å². The topological polar surface area (TPSA) is 66.9 Å². The van der Waals surface area contributed by atoms with Gasteiger partial charge in [0, 0.05) is 31.4 Å². The van der Waals surface area contributed by atoms with Crippen LogP contribution in [0.25, 0.3) is 0 Å². The average Bonchev–Trinajstić information content (AvgIpc) is 2.60. The van der Waals surface area contributed by atoms with Crippen molar-refractivity contribution in [3.63, 3.8) is 0 Å². The van der Waals surface area contributed by atoms with E-state index in [0.717, 1.165) is 25.2 Å². The van der Waals surface area contributed by atoms with Gasteiger partial charge in [-0.15, -0.1) is 0 Å². The van der Waals surface area contributed by atoms with Crippen molar-refractivity contribution in [3.8, 4) is 5.75 Å². The number of aromatic nitrogens is 1. The molecular weight excluding hydrogens is 308 g/mol. The van der Waals surface area contributed by atoms with Gasteiger partial charge in [0.25, 0.3) is 0 Å². The molecule has 134 valence electrons. The molecule has 1 aromatic rings. The Kier molecular flexibility index (Phi) is 7.42. The van der Waals surface area contributed by atoms with E-state index in [2.05, 4.69) is 27.0 Å². The summed E-state index contributed by atoms with van der Waals surface area (Å²) in [6.45, 7) is 6.66. The molecule has 0 bridgehead atoms. The number of carbonyl (C=O) groups is 1. The summed E-state index contributed by atoms with van der Waals surface area (Å²) in [6, 6.07) is 1.66. The third-order valence-electron chi connectivity index (χ3n) is 4.07. The number of amides is 1. The molecule has 0 aromatic carbocycles. The molecule has 0 spiro atoms. The Morgan fingerprint density at radius 3 is 3.12 bits per heavy atom. The fraction of sp³-hybridized carbons (Fsp3) is 0.647. The summed E-state index contributed by atoms with van der Waals surface area (Å²) in [5, 5.41) is 2.99. The molecule has 24 heavy (non-hydrogen) atoms. The number of morpholine rings is 1. The molecule has 1 aliphatic heterocycles. The van der Waals surface area contributed by atoms with Crippen LogP contribution in [0.5, 0.6) is 5.75 Å². The molecule has 2 heterocycles. The molecule has 0 radical (unpaired) electrons. The third-order valence-corrected chi connectivity index (χ3v) is 4.07. The predicted octanol–water partition coefficient (Wildman–Crippen LogP) is 0.359. The van der Waals surface area contributed by atoms with Crippen molar-refractivity contribution in [1.29, 1.82) is 0 Å². The number of hydrogen-bond donors (Lipinski definition) is 1. The van der Waals surface area contributed by atoms with Gasteiger partial charge in [0.2, 0.25) is 5.91 Å². The Balaban J connectivity index is 1.90. The first kappa shape index (κ1) is 18.6. The highest BCUT2D eigenvalue weighted by molar-refractivity contribution is 5.82. The van der Waals surface area contributed by atoms with Gasteiger partial charge in [-0.2, -0.15) is 0 Å². The van der Waals surface area contributed by atoms with Crippen molar-refractivity contribution >= 4 is 5.91 Å².